The van der Waals surface area contributed by atoms with Crippen molar-refractivity contribution in [2.75, 3.05) is 6.54 Å². The molecule has 0 radical (unpaired) electrons. The summed E-state index contributed by atoms with van der Waals surface area (Å²) in [7, 11) is 0. The molecule has 0 atom stereocenters. The normalized spacial score (nSPS) is 9.43. The highest BCUT2D eigenvalue weighted by molar-refractivity contribution is 5.96. The molecule has 1 aromatic rings. The monoisotopic (exact) mass is 192 g/mol. The van der Waals surface area contributed by atoms with Crippen molar-refractivity contribution in [3.8, 4) is 5.75 Å². The molecule has 0 saturated heterocycles. The molecule has 74 valence electrons. The fraction of sp³-hybridized carbons (Fsp3) is 0.200. The molecule has 0 aromatic carbocycles. The molecular formula is C10H12N2O2. The second kappa shape index (κ2) is 5.01. The van der Waals surface area contributed by atoms with Crippen LogP contribution in [-0.4, -0.2) is 22.5 Å². The molecule has 1 aromatic heterocycles. The number of hydrogen-bond donors (Lipinski definition) is 2. The zero-order chi connectivity index (χ0) is 10.4. The van der Waals surface area contributed by atoms with Crippen LogP contribution in [0.15, 0.2) is 31.1 Å². The molecule has 1 rings (SSSR count). The first-order valence-electron chi connectivity index (χ1n) is 4.27. The largest absolute Gasteiger partial charge is 0.505 e. The molecule has 0 unspecified atom stereocenters. The Morgan fingerprint density at radius 2 is 2.50 bits per heavy atom. The second-order valence-electron chi connectivity index (χ2n) is 2.73. The number of amides is 1. The van der Waals surface area contributed by atoms with Gasteiger partial charge in [-0.05, 0) is 12.5 Å². The number of aromatic hydroxyl groups is 1. The van der Waals surface area contributed by atoms with Gasteiger partial charge in [-0.15, -0.1) is 6.58 Å². The van der Waals surface area contributed by atoms with E-state index < -0.39 is 0 Å². The first kappa shape index (κ1) is 10.2. The molecule has 0 fully saturated rings. The van der Waals surface area contributed by atoms with Gasteiger partial charge in [-0.3, -0.25) is 9.78 Å². The summed E-state index contributed by atoms with van der Waals surface area (Å²) in [6.45, 7) is 4.06. The van der Waals surface area contributed by atoms with Crippen molar-refractivity contribution in [3.05, 3.63) is 36.7 Å². The van der Waals surface area contributed by atoms with Crippen LogP contribution in [0.2, 0.25) is 0 Å². The maximum atomic E-state index is 11.4. The lowest BCUT2D eigenvalue weighted by Gasteiger charge is -2.04. The van der Waals surface area contributed by atoms with Gasteiger partial charge in [0.2, 0.25) is 0 Å². The third-order valence-electron chi connectivity index (χ3n) is 1.68. The third kappa shape index (κ3) is 2.58. The molecule has 2 N–H and O–H groups in total. The van der Waals surface area contributed by atoms with Gasteiger partial charge in [0.1, 0.15) is 5.75 Å². The molecule has 1 amide bonds. The van der Waals surface area contributed by atoms with E-state index in [2.05, 4.69) is 16.9 Å². The van der Waals surface area contributed by atoms with Crippen LogP contribution in [0.1, 0.15) is 16.8 Å². The Morgan fingerprint density at radius 1 is 1.71 bits per heavy atom. The van der Waals surface area contributed by atoms with E-state index >= 15 is 0 Å². The van der Waals surface area contributed by atoms with E-state index in [9.17, 15) is 9.90 Å². The van der Waals surface area contributed by atoms with Crippen LogP contribution in [0.25, 0.3) is 0 Å². The maximum absolute atomic E-state index is 11.4. The minimum atomic E-state index is -0.299. The van der Waals surface area contributed by atoms with Crippen LogP contribution in [0.3, 0.4) is 0 Å². The SMILES string of the molecule is C=CCCNC(=O)c1ccncc1O. The van der Waals surface area contributed by atoms with Gasteiger partial charge >= 0.3 is 0 Å². The van der Waals surface area contributed by atoms with E-state index in [0.717, 1.165) is 0 Å². The van der Waals surface area contributed by atoms with Crippen molar-refractivity contribution >= 4 is 5.91 Å². The molecular weight excluding hydrogens is 180 g/mol. The Kier molecular flexibility index (Phi) is 3.67. The topological polar surface area (TPSA) is 62.2 Å². The van der Waals surface area contributed by atoms with Crippen LogP contribution >= 0.6 is 0 Å². The maximum Gasteiger partial charge on any atom is 0.255 e. The summed E-state index contributed by atoms with van der Waals surface area (Å²) < 4.78 is 0. The predicted octanol–water partition coefficient (Wildman–Crippen LogP) is 1.09. The molecule has 0 aliphatic carbocycles. The first-order chi connectivity index (χ1) is 6.75. The van der Waals surface area contributed by atoms with E-state index in [4.69, 9.17) is 0 Å². The Balaban J connectivity index is 2.60. The number of nitrogens with one attached hydrogen (secondary N) is 1. The zero-order valence-electron chi connectivity index (χ0n) is 7.73. The summed E-state index contributed by atoms with van der Waals surface area (Å²) in [5.41, 5.74) is 0.240. The molecule has 0 saturated carbocycles. The average molecular weight is 192 g/mol. The number of rotatable bonds is 4. The van der Waals surface area contributed by atoms with Crippen LogP contribution < -0.4 is 5.32 Å². The Morgan fingerprint density at radius 3 is 3.14 bits per heavy atom. The summed E-state index contributed by atoms with van der Waals surface area (Å²) in [5.74, 6) is -0.407. The Hall–Kier alpha value is -1.84. The van der Waals surface area contributed by atoms with Gasteiger partial charge in [-0.1, -0.05) is 6.08 Å². The van der Waals surface area contributed by atoms with Crippen molar-refractivity contribution < 1.29 is 9.90 Å². The predicted molar refractivity (Wildman–Crippen MR) is 53.0 cm³/mol. The summed E-state index contributed by atoms with van der Waals surface area (Å²) in [6.07, 6.45) is 5.12. The average Bonchev–Trinajstić information content (AvgIpc) is 2.18. The summed E-state index contributed by atoms with van der Waals surface area (Å²) in [4.78, 5) is 15.1. The Bertz CT molecular complexity index is 337. The van der Waals surface area contributed by atoms with Gasteiger partial charge in [0.25, 0.3) is 5.91 Å². The fourth-order valence-electron chi connectivity index (χ4n) is 0.961. The second-order valence-corrected chi connectivity index (χ2v) is 2.73. The fourth-order valence-corrected chi connectivity index (χ4v) is 0.961. The van der Waals surface area contributed by atoms with Gasteiger partial charge in [0.05, 0.1) is 11.8 Å². The van der Waals surface area contributed by atoms with Crippen LogP contribution in [0.4, 0.5) is 0 Å². The highest BCUT2D eigenvalue weighted by Gasteiger charge is 2.08. The number of carbonyl (C=O) groups is 1. The number of hydrogen-bond acceptors (Lipinski definition) is 3. The highest BCUT2D eigenvalue weighted by atomic mass is 16.3. The molecule has 14 heavy (non-hydrogen) atoms. The quantitative estimate of drug-likeness (QED) is 0.554. The molecule has 4 nitrogen and oxygen atoms in total. The van der Waals surface area contributed by atoms with Crippen molar-refractivity contribution in [2.24, 2.45) is 0 Å². The number of pyridine rings is 1. The summed E-state index contributed by atoms with van der Waals surface area (Å²) in [5, 5.41) is 11.9. The van der Waals surface area contributed by atoms with Gasteiger partial charge in [0, 0.05) is 12.7 Å². The minimum absolute atomic E-state index is 0.108. The van der Waals surface area contributed by atoms with Crippen molar-refractivity contribution in [3.63, 3.8) is 0 Å². The van der Waals surface area contributed by atoms with Crippen molar-refractivity contribution in [1.82, 2.24) is 10.3 Å². The van der Waals surface area contributed by atoms with Crippen LogP contribution in [0.5, 0.6) is 5.75 Å². The summed E-state index contributed by atoms with van der Waals surface area (Å²) >= 11 is 0. The van der Waals surface area contributed by atoms with Crippen molar-refractivity contribution in [2.45, 2.75) is 6.42 Å². The lowest BCUT2D eigenvalue weighted by Crippen LogP contribution is -2.24. The Labute approximate surface area is 82.3 Å². The molecule has 0 aliphatic rings. The molecule has 0 aliphatic heterocycles. The van der Waals surface area contributed by atoms with Gasteiger partial charge in [-0.25, -0.2) is 0 Å². The van der Waals surface area contributed by atoms with E-state index in [1.165, 1.54) is 18.5 Å². The lowest BCUT2D eigenvalue weighted by atomic mass is 10.2. The first-order valence-corrected chi connectivity index (χ1v) is 4.27. The third-order valence-corrected chi connectivity index (χ3v) is 1.68. The van der Waals surface area contributed by atoms with E-state index in [1.807, 2.05) is 0 Å². The standard InChI is InChI=1S/C10H12N2O2/c1-2-3-5-12-10(14)8-4-6-11-7-9(8)13/h2,4,6-7,13H,1,3,5H2,(H,12,14). The smallest absolute Gasteiger partial charge is 0.255 e. The van der Waals surface area contributed by atoms with Crippen molar-refractivity contribution in [1.29, 1.82) is 0 Å². The van der Waals surface area contributed by atoms with Gasteiger partial charge < -0.3 is 10.4 Å². The van der Waals surface area contributed by atoms with E-state index in [0.29, 0.717) is 13.0 Å². The lowest BCUT2D eigenvalue weighted by molar-refractivity contribution is 0.0951. The zero-order valence-corrected chi connectivity index (χ0v) is 7.73. The number of aromatic nitrogens is 1. The van der Waals surface area contributed by atoms with E-state index in [1.54, 1.807) is 6.08 Å². The van der Waals surface area contributed by atoms with Crippen LogP contribution in [-0.2, 0) is 0 Å². The number of nitrogens with zero attached hydrogens (tertiary/aromatic N) is 1. The highest BCUT2D eigenvalue weighted by Crippen LogP contribution is 2.12. The molecule has 1 heterocycles. The molecule has 4 heteroatoms. The molecule has 0 bridgehead atoms. The molecule has 0 spiro atoms. The van der Waals surface area contributed by atoms with Gasteiger partial charge in [0.15, 0.2) is 0 Å². The summed E-state index contributed by atoms with van der Waals surface area (Å²) in [6, 6.07) is 1.47. The number of carbonyl (C=O) groups excluding carboxylic acids is 1. The van der Waals surface area contributed by atoms with Crippen LogP contribution in [0, 0.1) is 0 Å². The minimum Gasteiger partial charge on any atom is -0.505 e. The van der Waals surface area contributed by atoms with Gasteiger partial charge in [-0.2, -0.15) is 0 Å². The van der Waals surface area contributed by atoms with E-state index in [-0.39, 0.29) is 17.2 Å².